The Bertz CT molecular complexity index is 705. The predicted octanol–water partition coefficient (Wildman–Crippen LogP) is 3.74. The molecule has 1 heterocycles. The van der Waals surface area contributed by atoms with Crippen molar-refractivity contribution < 1.29 is 9.72 Å². The number of non-ortho nitro benzene ring substituents is 1. The number of carbonyl (C=O) groups is 1. The maximum atomic E-state index is 12.1. The topological polar surface area (TPSA) is 88.2 Å². The lowest BCUT2D eigenvalue weighted by Crippen LogP contribution is -2.28. The zero-order valence-corrected chi connectivity index (χ0v) is 14.7. The van der Waals surface area contributed by atoms with E-state index in [0.717, 1.165) is 37.0 Å². The second-order valence-electron chi connectivity index (χ2n) is 6.16. The number of rotatable bonds is 4. The Morgan fingerprint density at radius 1 is 1.08 bits per heavy atom. The molecule has 1 aliphatic heterocycles. The van der Waals surface area contributed by atoms with Crippen LogP contribution in [0.3, 0.4) is 0 Å². The molecule has 0 radical (unpaired) electrons. The Morgan fingerprint density at radius 2 is 1.76 bits per heavy atom. The molecule has 3 rings (SSSR count). The highest BCUT2D eigenvalue weighted by Crippen LogP contribution is 2.23. The van der Waals surface area contributed by atoms with Crippen molar-refractivity contribution in [1.29, 1.82) is 0 Å². The standard InChI is InChI=1S/C17H20N4O3S/c22-16-12-25-17(19-18-14-5-3-1-2-4-6-14)20(16)11-13-7-9-15(10-8-13)21(23)24/h7-10H,1-6,11-12H2/b19-17-. The summed E-state index contributed by atoms with van der Waals surface area (Å²) in [4.78, 5) is 24.0. The number of hydrogen-bond acceptors (Lipinski definition) is 6. The van der Waals surface area contributed by atoms with Crippen LogP contribution >= 0.6 is 11.8 Å². The summed E-state index contributed by atoms with van der Waals surface area (Å²) in [7, 11) is 0. The molecule has 1 saturated heterocycles. The van der Waals surface area contributed by atoms with Crippen molar-refractivity contribution in [2.45, 2.75) is 45.1 Å². The Hall–Kier alpha value is -2.22. The van der Waals surface area contributed by atoms with E-state index >= 15 is 0 Å². The van der Waals surface area contributed by atoms with Gasteiger partial charge >= 0.3 is 0 Å². The number of nitro groups is 1. The zero-order chi connectivity index (χ0) is 17.6. The van der Waals surface area contributed by atoms with Crippen molar-refractivity contribution in [2.75, 3.05) is 5.75 Å². The van der Waals surface area contributed by atoms with E-state index in [1.807, 2.05) is 0 Å². The predicted molar refractivity (Wildman–Crippen MR) is 98.7 cm³/mol. The normalized spacial score (nSPS) is 20.0. The first-order valence-corrected chi connectivity index (χ1v) is 9.42. The van der Waals surface area contributed by atoms with E-state index in [0.29, 0.717) is 17.5 Å². The van der Waals surface area contributed by atoms with Crippen LogP contribution in [0.5, 0.6) is 0 Å². The van der Waals surface area contributed by atoms with Crippen molar-refractivity contribution in [1.82, 2.24) is 4.90 Å². The molecule has 0 bridgehead atoms. The van der Waals surface area contributed by atoms with E-state index in [9.17, 15) is 14.9 Å². The van der Waals surface area contributed by atoms with Gasteiger partial charge in [0.05, 0.1) is 17.2 Å². The van der Waals surface area contributed by atoms with Gasteiger partial charge in [0.2, 0.25) is 5.91 Å². The molecular formula is C17H20N4O3S. The molecule has 2 aliphatic rings. The van der Waals surface area contributed by atoms with Crippen molar-refractivity contribution in [3.05, 3.63) is 39.9 Å². The summed E-state index contributed by atoms with van der Waals surface area (Å²) in [6.07, 6.45) is 6.77. The molecule has 0 N–H and O–H groups in total. The lowest BCUT2D eigenvalue weighted by Gasteiger charge is -2.15. The molecular weight excluding hydrogens is 340 g/mol. The minimum Gasteiger partial charge on any atom is -0.285 e. The Labute approximate surface area is 150 Å². The molecule has 132 valence electrons. The van der Waals surface area contributed by atoms with Crippen LogP contribution in [0, 0.1) is 10.1 Å². The van der Waals surface area contributed by atoms with Gasteiger partial charge in [-0.25, -0.2) is 0 Å². The maximum absolute atomic E-state index is 12.1. The monoisotopic (exact) mass is 360 g/mol. The van der Waals surface area contributed by atoms with Crippen molar-refractivity contribution in [3.8, 4) is 0 Å². The van der Waals surface area contributed by atoms with Crippen molar-refractivity contribution in [2.24, 2.45) is 10.2 Å². The van der Waals surface area contributed by atoms with E-state index in [-0.39, 0.29) is 11.6 Å². The SMILES string of the molecule is O=C1CS/C(=N\N=C2CCCCCC2)N1Cc1ccc([N+](=O)[O-])cc1. The van der Waals surface area contributed by atoms with E-state index in [4.69, 9.17) is 0 Å². The number of nitro benzene ring substituents is 1. The first-order valence-electron chi connectivity index (χ1n) is 8.43. The van der Waals surface area contributed by atoms with Gasteiger partial charge in [-0.15, -0.1) is 5.10 Å². The summed E-state index contributed by atoms with van der Waals surface area (Å²) in [6.45, 7) is 0.355. The Kier molecular flexibility index (Phi) is 5.80. The fourth-order valence-corrected chi connectivity index (χ4v) is 3.71. The Balaban J connectivity index is 1.71. The summed E-state index contributed by atoms with van der Waals surface area (Å²) in [5.74, 6) is 0.347. The van der Waals surface area contributed by atoms with Gasteiger partial charge in [0, 0.05) is 17.8 Å². The summed E-state index contributed by atoms with van der Waals surface area (Å²) >= 11 is 1.39. The van der Waals surface area contributed by atoms with Gasteiger partial charge in [-0.05, 0) is 31.2 Å². The minimum absolute atomic E-state index is 0.0110. The largest absolute Gasteiger partial charge is 0.285 e. The number of amides is 1. The second-order valence-corrected chi connectivity index (χ2v) is 7.10. The third kappa shape index (κ3) is 4.66. The van der Waals surface area contributed by atoms with Gasteiger partial charge in [0.25, 0.3) is 5.69 Å². The van der Waals surface area contributed by atoms with Crippen LogP contribution in [0.1, 0.15) is 44.1 Å². The molecule has 7 nitrogen and oxygen atoms in total. The molecule has 25 heavy (non-hydrogen) atoms. The van der Waals surface area contributed by atoms with Crippen LogP contribution in [0.25, 0.3) is 0 Å². The fraction of sp³-hybridized carbons (Fsp3) is 0.471. The molecule has 1 saturated carbocycles. The highest BCUT2D eigenvalue weighted by atomic mass is 32.2. The molecule has 0 atom stereocenters. The van der Waals surface area contributed by atoms with E-state index in [1.54, 1.807) is 17.0 Å². The number of hydrogen-bond donors (Lipinski definition) is 0. The molecule has 1 aromatic carbocycles. The van der Waals surface area contributed by atoms with Crippen LogP contribution in [0.15, 0.2) is 34.5 Å². The van der Waals surface area contributed by atoms with Crippen LogP contribution in [0.4, 0.5) is 5.69 Å². The molecule has 0 aromatic heterocycles. The molecule has 1 amide bonds. The average Bonchev–Trinajstić information content (AvgIpc) is 2.81. The molecule has 2 fully saturated rings. The van der Waals surface area contributed by atoms with E-state index in [2.05, 4.69) is 10.2 Å². The number of benzene rings is 1. The smallest absolute Gasteiger partial charge is 0.269 e. The van der Waals surface area contributed by atoms with Gasteiger partial charge in [-0.1, -0.05) is 36.7 Å². The van der Waals surface area contributed by atoms with Crippen LogP contribution < -0.4 is 0 Å². The van der Waals surface area contributed by atoms with Crippen LogP contribution in [-0.2, 0) is 11.3 Å². The van der Waals surface area contributed by atoms with Gasteiger partial charge < -0.3 is 0 Å². The van der Waals surface area contributed by atoms with Crippen LogP contribution in [0.2, 0.25) is 0 Å². The number of amidine groups is 1. The quantitative estimate of drug-likeness (QED) is 0.465. The van der Waals surface area contributed by atoms with Crippen LogP contribution in [-0.4, -0.2) is 32.4 Å². The highest BCUT2D eigenvalue weighted by molar-refractivity contribution is 8.15. The van der Waals surface area contributed by atoms with Gasteiger partial charge in [0.15, 0.2) is 5.17 Å². The van der Waals surface area contributed by atoms with Gasteiger partial charge in [0.1, 0.15) is 0 Å². The molecule has 1 aliphatic carbocycles. The lowest BCUT2D eigenvalue weighted by atomic mass is 10.2. The van der Waals surface area contributed by atoms with Crippen molar-refractivity contribution >= 4 is 34.2 Å². The third-order valence-corrected chi connectivity index (χ3v) is 5.25. The molecule has 0 spiro atoms. The summed E-state index contributed by atoms with van der Waals surface area (Å²) in [5.41, 5.74) is 1.98. The number of nitrogens with zero attached hydrogens (tertiary/aromatic N) is 4. The number of carbonyl (C=O) groups excluding carboxylic acids is 1. The third-order valence-electron chi connectivity index (χ3n) is 4.30. The van der Waals surface area contributed by atoms with E-state index in [1.165, 1.54) is 36.7 Å². The van der Waals surface area contributed by atoms with Gasteiger partial charge in [-0.3, -0.25) is 19.8 Å². The summed E-state index contributed by atoms with van der Waals surface area (Å²) < 4.78 is 0. The molecule has 0 unspecified atom stereocenters. The zero-order valence-electron chi connectivity index (χ0n) is 13.9. The molecule has 1 aromatic rings. The maximum Gasteiger partial charge on any atom is 0.269 e. The fourth-order valence-electron chi connectivity index (χ4n) is 2.88. The summed E-state index contributed by atoms with van der Waals surface area (Å²) in [6, 6.07) is 6.24. The summed E-state index contributed by atoms with van der Waals surface area (Å²) in [5, 5.41) is 20.1. The lowest BCUT2D eigenvalue weighted by molar-refractivity contribution is -0.384. The average molecular weight is 360 g/mol. The van der Waals surface area contributed by atoms with E-state index < -0.39 is 4.92 Å². The van der Waals surface area contributed by atoms with Crippen molar-refractivity contribution in [3.63, 3.8) is 0 Å². The first kappa shape index (κ1) is 17.6. The molecule has 8 heteroatoms. The Morgan fingerprint density at radius 3 is 2.40 bits per heavy atom. The van der Waals surface area contributed by atoms with Gasteiger partial charge in [-0.2, -0.15) is 5.10 Å². The first-order chi connectivity index (χ1) is 12.1. The highest BCUT2D eigenvalue weighted by Gasteiger charge is 2.28. The number of thioether (sulfide) groups is 1. The second kappa shape index (κ2) is 8.24. The minimum atomic E-state index is -0.434.